The Morgan fingerprint density at radius 1 is 1.14 bits per heavy atom. The summed E-state index contributed by atoms with van der Waals surface area (Å²) >= 11 is 5.14. The minimum absolute atomic E-state index is 0.369. The molecule has 108 valence electrons. The number of hydrogen-bond acceptors (Lipinski definition) is 4. The van der Waals surface area contributed by atoms with Gasteiger partial charge < -0.3 is 15.2 Å². The van der Waals surface area contributed by atoms with Crippen LogP contribution in [0.2, 0.25) is 0 Å². The number of para-hydroxylation sites is 1. The Hall–Kier alpha value is -1.92. The van der Waals surface area contributed by atoms with Crippen molar-refractivity contribution in [1.82, 2.24) is 15.3 Å². The van der Waals surface area contributed by atoms with E-state index in [2.05, 4.69) is 39.5 Å². The lowest BCUT2D eigenvalue weighted by Gasteiger charge is -2.61. The number of benzene rings is 1. The molecule has 2 aliphatic rings. The van der Waals surface area contributed by atoms with E-state index in [9.17, 15) is 0 Å². The Labute approximate surface area is 128 Å². The van der Waals surface area contributed by atoms with Gasteiger partial charge in [-0.3, -0.25) is 0 Å². The fourth-order valence-corrected chi connectivity index (χ4v) is 3.48. The molecule has 2 aromatic rings. The number of pyridine rings is 1. The van der Waals surface area contributed by atoms with E-state index in [4.69, 9.17) is 23.0 Å². The molecule has 2 fully saturated rings. The summed E-state index contributed by atoms with van der Waals surface area (Å²) < 4.78 is 0. The number of hydrogen-bond donors (Lipinski definition) is 2. The Balaban J connectivity index is 1.44. The number of aromatic nitrogens is 1. The van der Waals surface area contributed by atoms with Gasteiger partial charge in [0, 0.05) is 37.0 Å². The molecule has 21 heavy (non-hydrogen) atoms. The third-order valence-electron chi connectivity index (χ3n) is 4.42. The first-order valence-corrected chi connectivity index (χ1v) is 7.46. The average molecular weight is 299 g/mol. The lowest BCUT2D eigenvalue weighted by atomic mass is 9.73. The largest absolute Gasteiger partial charge is 0.355 e. The number of thiocarbonyl (C=S) groups is 1. The van der Waals surface area contributed by atoms with Crippen LogP contribution in [0.4, 0.5) is 5.82 Å². The molecule has 1 aromatic heterocycles. The topological polar surface area (TPSA) is 57.4 Å². The molecule has 6 heteroatoms. The second kappa shape index (κ2) is 4.54. The molecule has 3 N–H and O–H groups in total. The minimum Gasteiger partial charge on any atom is -0.355 e. The summed E-state index contributed by atoms with van der Waals surface area (Å²) in [4.78, 5) is 9.19. The van der Waals surface area contributed by atoms with E-state index >= 15 is 0 Å². The molecular formula is C15H17N5S. The molecule has 0 amide bonds. The molecule has 0 bridgehead atoms. The molecule has 2 saturated heterocycles. The fourth-order valence-electron chi connectivity index (χ4n) is 3.36. The van der Waals surface area contributed by atoms with Crippen LogP contribution >= 0.6 is 12.2 Å². The summed E-state index contributed by atoms with van der Waals surface area (Å²) in [7, 11) is 0. The Bertz CT molecular complexity index is 702. The van der Waals surface area contributed by atoms with Crippen LogP contribution in [0.3, 0.4) is 0 Å². The van der Waals surface area contributed by atoms with E-state index < -0.39 is 0 Å². The van der Waals surface area contributed by atoms with E-state index in [-0.39, 0.29) is 0 Å². The predicted octanol–water partition coefficient (Wildman–Crippen LogP) is 1.10. The van der Waals surface area contributed by atoms with Crippen LogP contribution in [0.15, 0.2) is 36.4 Å². The predicted molar refractivity (Wildman–Crippen MR) is 87.9 cm³/mol. The van der Waals surface area contributed by atoms with E-state index in [1.54, 1.807) is 0 Å². The van der Waals surface area contributed by atoms with Gasteiger partial charge in [0.15, 0.2) is 5.11 Å². The van der Waals surface area contributed by atoms with Crippen LogP contribution < -0.4 is 16.2 Å². The standard InChI is InChI=1S/C15H17N5S/c16-18-14(21)20-9-15(10-20)7-19(8-15)13-6-5-11-3-1-2-4-12(11)17-13/h1-6H,7-10,16H2,(H,18,21). The number of nitrogens with zero attached hydrogens (tertiary/aromatic N) is 3. The number of hydrazine groups is 1. The first kappa shape index (κ1) is 12.8. The number of likely N-dealkylation sites (tertiary alicyclic amines) is 1. The van der Waals surface area contributed by atoms with Crippen LogP contribution in [0, 0.1) is 5.41 Å². The van der Waals surface area contributed by atoms with Gasteiger partial charge in [-0.25, -0.2) is 10.8 Å². The Kier molecular flexibility index (Phi) is 2.77. The van der Waals surface area contributed by atoms with Gasteiger partial charge in [-0.05, 0) is 30.4 Å². The van der Waals surface area contributed by atoms with Crippen LogP contribution in [-0.4, -0.2) is 41.2 Å². The van der Waals surface area contributed by atoms with E-state index in [0.29, 0.717) is 10.5 Å². The third-order valence-corrected chi connectivity index (χ3v) is 4.80. The van der Waals surface area contributed by atoms with Gasteiger partial charge in [-0.1, -0.05) is 18.2 Å². The van der Waals surface area contributed by atoms with Crippen molar-refractivity contribution >= 4 is 34.1 Å². The molecule has 0 saturated carbocycles. The van der Waals surface area contributed by atoms with Crippen molar-refractivity contribution in [2.24, 2.45) is 11.3 Å². The zero-order chi connectivity index (χ0) is 14.4. The molecule has 2 aliphatic heterocycles. The van der Waals surface area contributed by atoms with E-state index in [1.165, 1.54) is 5.39 Å². The molecule has 4 rings (SSSR count). The molecule has 1 spiro atoms. The highest BCUT2D eigenvalue weighted by Gasteiger charge is 2.52. The zero-order valence-electron chi connectivity index (χ0n) is 11.6. The molecule has 0 unspecified atom stereocenters. The number of fused-ring (bicyclic) bond motifs is 1. The van der Waals surface area contributed by atoms with Crippen LogP contribution in [0.5, 0.6) is 0 Å². The van der Waals surface area contributed by atoms with E-state index in [1.807, 2.05) is 12.1 Å². The Morgan fingerprint density at radius 2 is 1.90 bits per heavy atom. The number of rotatable bonds is 1. The SMILES string of the molecule is NNC(=S)N1CC2(C1)CN(c1ccc3ccccc3n1)C2. The molecule has 0 radical (unpaired) electrons. The van der Waals surface area contributed by atoms with Gasteiger partial charge in [-0.15, -0.1) is 0 Å². The van der Waals surface area contributed by atoms with Crippen LogP contribution in [-0.2, 0) is 0 Å². The summed E-state index contributed by atoms with van der Waals surface area (Å²) in [5, 5.41) is 1.83. The minimum atomic E-state index is 0.369. The van der Waals surface area contributed by atoms with Crippen molar-refractivity contribution in [2.75, 3.05) is 31.1 Å². The van der Waals surface area contributed by atoms with Gasteiger partial charge >= 0.3 is 0 Å². The maximum absolute atomic E-state index is 5.35. The molecule has 3 heterocycles. The first-order valence-electron chi connectivity index (χ1n) is 7.05. The number of nitrogens with one attached hydrogen (secondary N) is 1. The monoisotopic (exact) mass is 299 g/mol. The maximum Gasteiger partial charge on any atom is 0.183 e. The lowest BCUT2D eigenvalue weighted by Crippen LogP contribution is -2.74. The van der Waals surface area contributed by atoms with Crippen molar-refractivity contribution in [3.05, 3.63) is 36.4 Å². The molecule has 1 aromatic carbocycles. The summed E-state index contributed by atoms with van der Waals surface area (Å²) in [5.74, 6) is 6.42. The highest BCUT2D eigenvalue weighted by atomic mass is 32.1. The van der Waals surface area contributed by atoms with Crippen molar-refractivity contribution in [3.8, 4) is 0 Å². The second-order valence-corrected chi connectivity index (χ2v) is 6.41. The first-order chi connectivity index (χ1) is 10.2. The van der Waals surface area contributed by atoms with Crippen molar-refractivity contribution < 1.29 is 0 Å². The number of nitrogens with two attached hydrogens (primary N) is 1. The Morgan fingerprint density at radius 3 is 2.67 bits per heavy atom. The third kappa shape index (κ3) is 2.02. The molecular weight excluding hydrogens is 282 g/mol. The smallest absolute Gasteiger partial charge is 0.183 e. The fraction of sp³-hybridized carbons (Fsp3) is 0.333. The maximum atomic E-state index is 5.35. The molecule has 0 aliphatic carbocycles. The van der Waals surface area contributed by atoms with Crippen LogP contribution in [0.25, 0.3) is 10.9 Å². The summed E-state index contributed by atoms with van der Waals surface area (Å²) in [6, 6.07) is 12.5. The number of anilines is 1. The second-order valence-electron chi connectivity index (χ2n) is 6.02. The zero-order valence-corrected chi connectivity index (χ0v) is 12.4. The molecule has 5 nitrogen and oxygen atoms in total. The summed E-state index contributed by atoms with van der Waals surface area (Å²) in [5.41, 5.74) is 3.97. The lowest BCUT2D eigenvalue weighted by molar-refractivity contribution is 0.0283. The van der Waals surface area contributed by atoms with Crippen molar-refractivity contribution in [3.63, 3.8) is 0 Å². The van der Waals surface area contributed by atoms with E-state index in [0.717, 1.165) is 37.5 Å². The highest BCUT2D eigenvalue weighted by Crippen LogP contribution is 2.41. The summed E-state index contributed by atoms with van der Waals surface area (Å²) in [6.07, 6.45) is 0. The summed E-state index contributed by atoms with van der Waals surface area (Å²) in [6.45, 7) is 4.06. The van der Waals surface area contributed by atoms with Gasteiger partial charge in [0.25, 0.3) is 0 Å². The van der Waals surface area contributed by atoms with Gasteiger partial charge in [-0.2, -0.15) is 0 Å². The van der Waals surface area contributed by atoms with Gasteiger partial charge in [0.1, 0.15) is 5.82 Å². The average Bonchev–Trinajstić information content (AvgIpc) is 2.44. The van der Waals surface area contributed by atoms with Gasteiger partial charge in [0.05, 0.1) is 5.52 Å². The molecule has 0 atom stereocenters. The van der Waals surface area contributed by atoms with Crippen molar-refractivity contribution in [2.45, 2.75) is 0 Å². The highest BCUT2D eigenvalue weighted by molar-refractivity contribution is 7.80. The van der Waals surface area contributed by atoms with Crippen LogP contribution in [0.1, 0.15) is 0 Å². The normalized spacial score (nSPS) is 19.3. The van der Waals surface area contributed by atoms with Gasteiger partial charge in [0.2, 0.25) is 0 Å². The van der Waals surface area contributed by atoms with Crippen molar-refractivity contribution in [1.29, 1.82) is 0 Å². The quantitative estimate of drug-likeness (QED) is 0.467.